The van der Waals surface area contributed by atoms with Crippen LogP contribution in [0.2, 0.25) is 5.02 Å². The van der Waals surface area contributed by atoms with Gasteiger partial charge in [-0.3, -0.25) is 0 Å². The molecule has 0 saturated carbocycles. The van der Waals surface area contributed by atoms with Gasteiger partial charge in [0.1, 0.15) is 0 Å². The zero-order valence-corrected chi connectivity index (χ0v) is 8.69. The van der Waals surface area contributed by atoms with Gasteiger partial charge in [-0.15, -0.1) is 0 Å². The van der Waals surface area contributed by atoms with Crippen molar-refractivity contribution in [3.05, 3.63) is 33.3 Å². The van der Waals surface area contributed by atoms with Gasteiger partial charge in [-0.25, -0.2) is 0 Å². The van der Waals surface area contributed by atoms with Crippen LogP contribution in [0.3, 0.4) is 0 Å². The van der Waals surface area contributed by atoms with Crippen molar-refractivity contribution in [2.75, 3.05) is 0 Å². The summed E-state index contributed by atoms with van der Waals surface area (Å²) in [6, 6.07) is 7.75. The van der Waals surface area contributed by atoms with E-state index in [-0.39, 0.29) is 0 Å². The molecule has 12 heavy (non-hydrogen) atoms. The number of hydrogen-bond acceptors (Lipinski definition) is 1. The minimum Gasteiger partial charge on any atom is -0.198 e. The van der Waals surface area contributed by atoms with Crippen LogP contribution in [-0.2, 0) is 6.42 Å². The van der Waals surface area contributed by atoms with E-state index >= 15 is 0 Å². The van der Waals surface area contributed by atoms with Crippen LogP contribution >= 0.6 is 27.5 Å². The largest absolute Gasteiger partial charge is 0.198 e. The van der Waals surface area contributed by atoms with Gasteiger partial charge in [0.15, 0.2) is 0 Å². The topological polar surface area (TPSA) is 23.8 Å². The van der Waals surface area contributed by atoms with Crippen molar-refractivity contribution in [1.82, 2.24) is 0 Å². The van der Waals surface area contributed by atoms with Gasteiger partial charge >= 0.3 is 0 Å². The zero-order valence-electron chi connectivity index (χ0n) is 6.35. The molecule has 1 aromatic carbocycles. The highest BCUT2D eigenvalue weighted by atomic mass is 79.9. The minimum absolute atomic E-state index is 0.510. The van der Waals surface area contributed by atoms with Crippen LogP contribution in [0, 0.1) is 11.3 Å². The predicted octanol–water partition coefficient (Wildman–Crippen LogP) is 3.56. The second-order valence-electron chi connectivity index (χ2n) is 2.39. The molecule has 1 rings (SSSR count). The van der Waals surface area contributed by atoms with Gasteiger partial charge < -0.3 is 0 Å². The van der Waals surface area contributed by atoms with E-state index in [0.29, 0.717) is 6.42 Å². The lowest BCUT2D eigenvalue weighted by Gasteiger charge is -2.00. The summed E-state index contributed by atoms with van der Waals surface area (Å²) in [5.74, 6) is 0. The average Bonchev–Trinajstić information content (AvgIpc) is 2.07. The van der Waals surface area contributed by atoms with E-state index in [2.05, 4.69) is 22.0 Å². The van der Waals surface area contributed by atoms with Gasteiger partial charge in [-0.2, -0.15) is 5.26 Å². The van der Waals surface area contributed by atoms with Gasteiger partial charge in [0.25, 0.3) is 0 Å². The first-order chi connectivity index (χ1) is 5.74. The number of hydrogen-bond donors (Lipinski definition) is 0. The third kappa shape index (κ3) is 2.51. The summed E-state index contributed by atoms with van der Waals surface area (Å²) >= 11 is 9.25. The zero-order chi connectivity index (χ0) is 8.97. The van der Waals surface area contributed by atoms with Crippen molar-refractivity contribution in [2.24, 2.45) is 0 Å². The monoisotopic (exact) mass is 243 g/mol. The predicted molar refractivity (Wildman–Crippen MR) is 53.1 cm³/mol. The quantitative estimate of drug-likeness (QED) is 0.780. The van der Waals surface area contributed by atoms with Crippen molar-refractivity contribution in [3.8, 4) is 6.07 Å². The van der Waals surface area contributed by atoms with Crippen LogP contribution in [0.25, 0.3) is 0 Å². The Bertz CT molecular complexity index is 317. The van der Waals surface area contributed by atoms with E-state index in [1.807, 2.05) is 18.2 Å². The number of benzene rings is 1. The smallest absolute Gasteiger partial charge is 0.0625 e. The summed E-state index contributed by atoms with van der Waals surface area (Å²) in [5.41, 5.74) is 1.02. The summed E-state index contributed by atoms with van der Waals surface area (Å²) in [7, 11) is 0. The van der Waals surface area contributed by atoms with Crippen LogP contribution in [0.5, 0.6) is 0 Å². The van der Waals surface area contributed by atoms with E-state index in [1.165, 1.54) is 0 Å². The molecule has 0 aliphatic carbocycles. The molecule has 0 saturated heterocycles. The summed E-state index contributed by atoms with van der Waals surface area (Å²) in [6.07, 6.45) is 1.23. The highest BCUT2D eigenvalue weighted by Crippen LogP contribution is 2.21. The third-order valence-electron chi connectivity index (χ3n) is 1.51. The first kappa shape index (κ1) is 9.57. The molecule has 0 fully saturated rings. The summed E-state index contributed by atoms with van der Waals surface area (Å²) < 4.78 is 1.000. The molecule has 0 spiro atoms. The van der Waals surface area contributed by atoms with Crippen LogP contribution in [0.4, 0.5) is 0 Å². The van der Waals surface area contributed by atoms with Gasteiger partial charge in [0.05, 0.1) is 6.07 Å². The Balaban J connectivity index is 2.84. The van der Waals surface area contributed by atoms with E-state index in [0.717, 1.165) is 21.5 Å². The number of halogens is 2. The van der Waals surface area contributed by atoms with Crippen molar-refractivity contribution < 1.29 is 0 Å². The van der Waals surface area contributed by atoms with Crippen LogP contribution < -0.4 is 0 Å². The molecular weight excluding hydrogens is 237 g/mol. The molecule has 0 heterocycles. The fraction of sp³-hybridized carbons (Fsp3) is 0.222. The Morgan fingerprint density at radius 3 is 2.92 bits per heavy atom. The molecular formula is C9H7BrClN. The van der Waals surface area contributed by atoms with Gasteiger partial charge in [-0.1, -0.05) is 27.5 Å². The van der Waals surface area contributed by atoms with Crippen LogP contribution in [0.15, 0.2) is 22.7 Å². The summed E-state index contributed by atoms with van der Waals surface area (Å²) in [5, 5.41) is 9.11. The van der Waals surface area contributed by atoms with Gasteiger partial charge in [0, 0.05) is 15.9 Å². The molecule has 3 heteroatoms. The molecule has 62 valence electrons. The molecule has 0 aliphatic rings. The lowest BCUT2D eigenvalue weighted by molar-refractivity contribution is 1.01. The third-order valence-corrected chi connectivity index (χ3v) is 2.38. The normalized spacial score (nSPS) is 9.42. The maximum absolute atomic E-state index is 8.38. The number of nitriles is 1. The minimum atomic E-state index is 0.510. The molecule has 0 aromatic heterocycles. The Kier molecular flexibility index (Phi) is 3.58. The van der Waals surface area contributed by atoms with Crippen LogP contribution in [-0.4, -0.2) is 0 Å². The Morgan fingerprint density at radius 1 is 1.50 bits per heavy atom. The number of aryl methyl sites for hydroxylation is 1. The number of rotatable bonds is 2. The van der Waals surface area contributed by atoms with E-state index in [9.17, 15) is 0 Å². The molecule has 1 nitrogen and oxygen atoms in total. The molecule has 0 aliphatic heterocycles. The number of nitrogens with zero attached hydrogens (tertiary/aromatic N) is 1. The highest BCUT2D eigenvalue weighted by Gasteiger charge is 1.99. The molecule has 0 atom stereocenters. The van der Waals surface area contributed by atoms with Gasteiger partial charge in [-0.05, 0) is 30.2 Å². The fourth-order valence-corrected chi connectivity index (χ4v) is 1.55. The van der Waals surface area contributed by atoms with Crippen LogP contribution in [0.1, 0.15) is 12.0 Å². The lowest BCUT2D eigenvalue weighted by atomic mass is 10.1. The van der Waals surface area contributed by atoms with Crippen molar-refractivity contribution in [2.45, 2.75) is 12.8 Å². The molecule has 0 unspecified atom stereocenters. The van der Waals surface area contributed by atoms with E-state index in [1.54, 1.807) is 0 Å². The standard InChI is InChI=1S/C9H7BrClN/c10-8-3-4-9(11)7(6-8)2-1-5-12/h3-4,6H,1-2H2. The first-order valence-corrected chi connectivity index (χ1v) is 4.72. The molecule has 1 aromatic rings. The Hall–Kier alpha value is -0.520. The second-order valence-corrected chi connectivity index (χ2v) is 3.72. The van der Waals surface area contributed by atoms with E-state index in [4.69, 9.17) is 16.9 Å². The molecule has 0 N–H and O–H groups in total. The Labute approximate surface area is 85.1 Å². The SMILES string of the molecule is N#CCCc1cc(Br)ccc1Cl. The van der Waals surface area contributed by atoms with Crippen molar-refractivity contribution in [1.29, 1.82) is 5.26 Å². The Morgan fingerprint density at radius 2 is 2.25 bits per heavy atom. The average molecular weight is 245 g/mol. The van der Waals surface area contributed by atoms with Gasteiger partial charge in [0.2, 0.25) is 0 Å². The maximum Gasteiger partial charge on any atom is 0.0625 e. The highest BCUT2D eigenvalue weighted by molar-refractivity contribution is 9.10. The van der Waals surface area contributed by atoms with E-state index < -0.39 is 0 Å². The fourth-order valence-electron chi connectivity index (χ4n) is 0.925. The second kappa shape index (κ2) is 4.49. The molecule has 0 amide bonds. The summed E-state index contributed by atoms with van der Waals surface area (Å²) in [4.78, 5) is 0. The maximum atomic E-state index is 8.38. The molecule has 0 bridgehead atoms. The van der Waals surface area contributed by atoms with Crippen molar-refractivity contribution >= 4 is 27.5 Å². The molecule has 0 radical (unpaired) electrons. The summed E-state index contributed by atoms with van der Waals surface area (Å²) in [6.45, 7) is 0. The first-order valence-electron chi connectivity index (χ1n) is 3.55. The lowest BCUT2D eigenvalue weighted by Crippen LogP contribution is -1.84. The van der Waals surface area contributed by atoms with Crippen molar-refractivity contribution in [3.63, 3.8) is 0 Å².